The fraction of sp³-hybridized carbons (Fsp3) is 0.625. The quantitative estimate of drug-likeness (QED) is 0.358. The fourth-order valence-corrected chi connectivity index (χ4v) is 7.57. The molecule has 0 spiro atoms. The molecule has 6 saturated carbocycles. The van der Waals surface area contributed by atoms with E-state index in [1.807, 2.05) is 36.2 Å². The summed E-state index contributed by atoms with van der Waals surface area (Å²) in [5.74, 6) is 4.26. The Hall–Kier alpha value is -3.00. The maximum Gasteiger partial charge on any atom is 0.232 e. The second kappa shape index (κ2) is 8.75. The summed E-state index contributed by atoms with van der Waals surface area (Å²) in [6.45, 7) is 2.53. The van der Waals surface area contributed by atoms with Crippen molar-refractivity contribution in [3.05, 3.63) is 48.1 Å². The van der Waals surface area contributed by atoms with Crippen LogP contribution >= 0.6 is 0 Å². The maximum absolute atomic E-state index is 14.0. The molecule has 0 aliphatic heterocycles. The molecular weight excluding hydrogens is 504 g/mol. The molecule has 9 rings (SSSR count). The van der Waals surface area contributed by atoms with E-state index in [1.54, 1.807) is 0 Å². The minimum Gasteiger partial charge on any atom is -0.440 e. The van der Waals surface area contributed by atoms with E-state index in [0.717, 1.165) is 86.0 Å². The van der Waals surface area contributed by atoms with Crippen LogP contribution in [0, 0.1) is 11.3 Å². The van der Waals surface area contributed by atoms with Gasteiger partial charge in [0.1, 0.15) is 0 Å². The highest BCUT2D eigenvalue weighted by molar-refractivity contribution is 5.96. The first kappa shape index (κ1) is 24.8. The zero-order chi connectivity index (χ0) is 27.1. The standard InChI is InChI=1S/C32H38N4O4/c1-30(38)16-23(17-30)28(37)36(24-4-2-3-22(15-24)25-18-33-27(39-25)21-7-8-21)19-31-9-12-32(13-10-31,14-11-31)29-34-26(35-40-29)20-5-6-20/h2-4,15,18,20-21,23,38H,5-14,16-17,19H2,1H3. The van der Waals surface area contributed by atoms with Gasteiger partial charge >= 0.3 is 0 Å². The number of amides is 1. The van der Waals surface area contributed by atoms with Gasteiger partial charge < -0.3 is 18.9 Å². The topological polar surface area (TPSA) is 105 Å². The number of hydrogen-bond donors (Lipinski definition) is 1. The Bertz CT molecular complexity index is 1420. The van der Waals surface area contributed by atoms with Crippen LogP contribution in [0.15, 0.2) is 39.4 Å². The number of fused-ring (bicyclic) bond motifs is 3. The molecule has 6 aliphatic carbocycles. The SMILES string of the molecule is CC1(O)CC(C(=O)N(CC23CCC(c4nc(C5CC5)no4)(CC2)CC3)c2cccc(-c3cnc(C4CC4)o3)c2)C1. The lowest BCUT2D eigenvalue weighted by atomic mass is 9.53. The van der Waals surface area contributed by atoms with Crippen molar-refractivity contribution >= 4 is 11.6 Å². The van der Waals surface area contributed by atoms with Crippen molar-refractivity contribution in [1.29, 1.82) is 0 Å². The molecule has 1 aromatic carbocycles. The molecule has 2 bridgehead atoms. The molecule has 0 atom stereocenters. The van der Waals surface area contributed by atoms with Gasteiger partial charge in [-0.3, -0.25) is 4.79 Å². The molecule has 6 fully saturated rings. The Kier molecular flexibility index (Phi) is 5.42. The van der Waals surface area contributed by atoms with E-state index in [4.69, 9.17) is 13.9 Å². The molecule has 210 valence electrons. The zero-order valence-electron chi connectivity index (χ0n) is 23.3. The Labute approximate surface area is 234 Å². The van der Waals surface area contributed by atoms with Gasteiger partial charge in [0, 0.05) is 41.0 Å². The molecule has 6 aliphatic rings. The number of nitrogens with zero attached hydrogens (tertiary/aromatic N) is 4. The van der Waals surface area contributed by atoms with E-state index < -0.39 is 5.60 Å². The van der Waals surface area contributed by atoms with Gasteiger partial charge in [-0.25, -0.2) is 4.98 Å². The van der Waals surface area contributed by atoms with Gasteiger partial charge in [0.15, 0.2) is 17.5 Å². The van der Waals surface area contributed by atoms with Crippen molar-refractivity contribution < 1.29 is 18.8 Å². The van der Waals surface area contributed by atoms with E-state index >= 15 is 0 Å². The van der Waals surface area contributed by atoms with E-state index in [9.17, 15) is 9.90 Å². The smallest absolute Gasteiger partial charge is 0.232 e. The molecule has 1 amide bonds. The minimum atomic E-state index is -0.746. The molecule has 3 aromatic rings. The third-order valence-corrected chi connectivity index (χ3v) is 10.6. The molecular formula is C32H38N4O4. The Morgan fingerprint density at radius 2 is 1.77 bits per heavy atom. The third-order valence-electron chi connectivity index (χ3n) is 10.6. The summed E-state index contributed by atoms with van der Waals surface area (Å²) < 4.78 is 11.9. The molecule has 8 heteroatoms. The van der Waals surface area contributed by atoms with Gasteiger partial charge in [0.2, 0.25) is 11.8 Å². The molecule has 2 heterocycles. The van der Waals surface area contributed by atoms with Gasteiger partial charge in [0.25, 0.3) is 0 Å². The highest BCUT2D eigenvalue weighted by Gasteiger charge is 2.54. The highest BCUT2D eigenvalue weighted by atomic mass is 16.5. The molecule has 0 radical (unpaired) electrons. The Morgan fingerprint density at radius 1 is 1.05 bits per heavy atom. The van der Waals surface area contributed by atoms with E-state index in [2.05, 4.69) is 16.2 Å². The number of aromatic nitrogens is 3. The number of carbonyl (C=O) groups excluding carboxylic acids is 1. The van der Waals surface area contributed by atoms with Gasteiger partial charge in [-0.1, -0.05) is 17.3 Å². The molecule has 0 unspecified atom stereocenters. The van der Waals surface area contributed by atoms with Crippen molar-refractivity contribution in [2.24, 2.45) is 11.3 Å². The van der Waals surface area contributed by atoms with Crippen LogP contribution in [0.1, 0.15) is 113 Å². The second-order valence-electron chi connectivity index (χ2n) is 13.9. The number of carbonyl (C=O) groups is 1. The first-order chi connectivity index (χ1) is 19.3. The van der Waals surface area contributed by atoms with E-state index in [0.29, 0.717) is 31.2 Å². The van der Waals surface area contributed by atoms with E-state index in [-0.39, 0.29) is 22.7 Å². The fourth-order valence-electron chi connectivity index (χ4n) is 7.57. The Balaban J connectivity index is 1.05. The summed E-state index contributed by atoms with van der Waals surface area (Å²) in [6, 6.07) is 8.17. The van der Waals surface area contributed by atoms with Gasteiger partial charge in [0.05, 0.1) is 11.8 Å². The normalized spacial score (nSPS) is 33.1. The summed E-state index contributed by atoms with van der Waals surface area (Å²) in [4.78, 5) is 25.4. The van der Waals surface area contributed by atoms with Crippen LogP contribution in [0.5, 0.6) is 0 Å². The van der Waals surface area contributed by atoms with Crippen LogP contribution in [-0.4, -0.2) is 38.3 Å². The third kappa shape index (κ3) is 4.30. The average molecular weight is 543 g/mol. The van der Waals surface area contributed by atoms with Crippen molar-refractivity contribution in [2.75, 3.05) is 11.4 Å². The summed E-state index contributed by atoms with van der Waals surface area (Å²) in [5.41, 5.74) is 1.17. The predicted molar refractivity (Wildman–Crippen MR) is 148 cm³/mol. The van der Waals surface area contributed by atoms with Crippen LogP contribution in [0.4, 0.5) is 5.69 Å². The Morgan fingerprint density at radius 3 is 2.45 bits per heavy atom. The second-order valence-corrected chi connectivity index (χ2v) is 13.9. The lowest BCUT2D eigenvalue weighted by Crippen LogP contribution is -2.54. The van der Waals surface area contributed by atoms with Gasteiger partial charge in [-0.15, -0.1) is 0 Å². The average Bonchev–Trinajstić information content (AvgIpc) is 3.89. The minimum absolute atomic E-state index is 0.00509. The molecule has 8 nitrogen and oxygen atoms in total. The van der Waals surface area contributed by atoms with Crippen LogP contribution in [-0.2, 0) is 10.2 Å². The van der Waals surface area contributed by atoms with Crippen molar-refractivity contribution in [3.63, 3.8) is 0 Å². The van der Waals surface area contributed by atoms with Crippen LogP contribution < -0.4 is 4.90 Å². The summed E-state index contributed by atoms with van der Waals surface area (Å²) >= 11 is 0. The van der Waals surface area contributed by atoms with Gasteiger partial charge in [-0.05, 0) is 102 Å². The molecule has 1 N–H and O–H groups in total. The summed E-state index contributed by atoms with van der Waals surface area (Å²) in [6.07, 6.45) is 13.7. The number of benzene rings is 1. The largest absolute Gasteiger partial charge is 0.440 e. The van der Waals surface area contributed by atoms with Crippen molar-refractivity contribution in [1.82, 2.24) is 15.1 Å². The number of anilines is 1. The predicted octanol–water partition coefficient (Wildman–Crippen LogP) is 6.27. The van der Waals surface area contributed by atoms with Crippen molar-refractivity contribution in [2.45, 2.75) is 107 Å². The highest BCUT2D eigenvalue weighted by Crippen LogP contribution is 2.58. The van der Waals surface area contributed by atoms with Crippen LogP contribution in [0.2, 0.25) is 0 Å². The number of hydrogen-bond acceptors (Lipinski definition) is 7. The molecule has 2 aromatic heterocycles. The zero-order valence-corrected chi connectivity index (χ0v) is 23.3. The van der Waals surface area contributed by atoms with E-state index in [1.165, 1.54) is 12.8 Å². The van der Waals surface area contributed by atoms with Crippen LogP contribution in [0.25, 0.3) is 11.3 Å². The lowest BCUT2D eigenvalue weighted by molar-refractivity contribution is -0.137. The first-order valence-corrected chi connectivity index (χ1v) is 15.2. The number of rotatable bonds is 8. The first-order valence-electron chi connectivity index (χ1n) is 15.2. The summed E-state index contributed by atoms with van der Waals surface area (Å²) in [7, 11) is 0. The molecule has 0 saturated heterocycles. The molecule has 40 heavy (non-hydrogen) atoms. The lowest BCUT2D eigenvalue weighted by Gasteiger charge is -2.53. The number of aliphatic hydroxyl groups is 1. The van der Waals surface area contributed by atoms with Gasteiger partial charge in [-0.2, -0.15) is 4.98 Å². The number of oxazole rings is 1. The monoisotopic (exact) mass is 542 g/mol. The van der Waals surface area contributed by atoms with Crippen LogP contribution in [0.3, 0.4) is 0 Å². The maximum atomic E-state index is 14.0. The van der Waals surface area contributed by atoms with Crippen molar-refractivity contribution in [3.8, 4) is 11.3 Å². The summed E-state index contributed by atoms with van der Waals surface area (Å²) in [5, 5.41) is 14.7.